The Morgan fingerprint density at radius 2 is 2.00 bits per heavy atom. The van der Waals surface area contributed by atoms with Gasteiger partial charge in [-0.3, -0.25) is 9.59 Å². The summed E-state index contributed by atoms with van der Waals surface area (Å²) < 4.78 is 6.37. The fourth-order valence-electron chi connectivity index (χ4n) is 1.79. The molecule has 1 aromatic heterocycles. The van der Waals surface area contributed by atoms with E-state index in [2.05, 4.69) is 0 Å². The molecule has 0 aliphatic rings. The number of ether oxygens (including phenoxy) is 1. The number of aromatic nitrogens is 1. The summed E-state index contributed by atoms with van der Waals surface area (Å²) in [6, 6.07) is 1.50. The molecule has 1 amide bonds. The Morgan fingerprint density at radius 1 is 1.35 bits per heavy atom. The van der Waals surface area contributed by atoms with E-state index in [1.807, 2.05) is 6.92 Å². The highest BCUT2D eigenvalue weighted by Crippen LogP contribution is 2.25. The molecule has 0 bridgehead atoms. The minimum absolute atomic E-state index is 0.0824. The van der Waals surface area contributed by atoms with Gasteiger partial charge in [-0.1, -0.05) is 30.1 Å². The lowest BCUT2D eigenvalue weighted by Crippen LogP contribution is -2.37. The van der Waals surface area contributed by atoms with E-state index >= 15 is 0 Å². The Balaban J connectivity index is 2.93. The molecule has 0 fully saturated rings. The number of carbonyl (C=O) groups excluding carboxylic acids is 2. The maximum absolute atomic E-state index is 12.4. The Bertz CT molecular complexity index is 500. The van der Waals surface area contributed by atoms with E-state index in [0.29, 0.717) is 22.4 Å². The second kappa shape index (κ2) is 7.55. The van der Waals surface area contributed by atoms with Gasteiger partial charge in [0, 0.05) is 13.6 Å². The van der Waals surface area contributed by atoms with Crippen LogP contribution in [0.2, 0.25) is 10.2 Å². The van der Waals surface area contributed by atoms with E-state index in [-0.39, 0.29) is 19.1 Å². The van der Waals surface area contributed by atoms with Crippen LogP contribution in [0.4, 0.5) is 0 Å². The highest BCUT2D eigenvalue weighted by atomic mass is 35.5. The van der Waals surface area contributed by atoms with Gasteiger partial charge in [-0.25, -0.2) is 0 Å². The van der Waals surface area contributed by atoms with E-state index < -0.39 is 5.97 Å². The number of hydrogen-bond acceptors (Lipinski definition) is 3. The average Bonchev–Trinajstić information content (AvgIpc) is 2.65. The van der Waals surface area contributed by atoms with E-state index in [4.69, 9.17) is 27.9 Å². The number of nitrogens with zero attached hydrogens (tertiary/aromatic N) is 2. The summed E-state index contributed by atoms with van der Waals surface area (Å²) in [5.41, 5.74) is 0.345. The van der Waals surface area contributed by atoms with Gasteiger partial charge in [0.15, 0.2) is 0 Å². The van der Waals surface area contributed by atoms with E-state index in [9.17, 15) is 9.59 Å². The Hall–Kier alpha value is -1.20. The molecule has 0 atom stereocenters. The molecule has 0 aromatic carbocycles. The number of carbonyl (C=O) groups is 2. The minimum atomic E-state index is -0.430. The van der Waals surface area contributed by atoms with Crippen LogP contribution in [0.25, 0.3) is 0 Å². The number of esters is 1. The standard InChI is InChI=1S/C13H18Cl2N2O3/c1-4-6-17(8-11(18)20-5-2)13(19)10-7-9(14)12(15)16(10)3/h7H,4-6,8H2,1-3H3. The maximum Gasteiger partial charge on any atom is 0.325 e. The summed E-state index contributed by atoms with van der Waals surface area (Å²) in [5.74, 6) is -0.725. The van der Waals surface area contributed by atoms with Crippen molar-refractivity contribution in [3.63, 3.8) is 0 Å². The first kappa shape index (κ1) is 16.9. The molecular weight excluding hydrogens is 303 g/mol. The highest BCUT2D eigenvalue weighted by molar-refractivity contribution is 6.41. The van der Waals surface area contributed by atoms with Crippen LogP contribution in [0.5, 0.6) is 0 Å². The third-order valence-electron chi connectivity index (χ3n) is 2.74. The van der Waals surface area contributed by atoms with Crippen molar-refractivity contribution in [2.75, 3.05) is 19.7 Å². The number of rotatable bonds is 6. The lowest BCUT2D eigenvalue weighted by atomic mass is 10.3. The van der Waals surface area contributed by atoms with E-state index in [0.717, 1.165) is 6.42 Å². The quantitative estimate of drug-likeness (QED) is 0.757. The van der Waals surface area contributed by atoms with Gasteiger partial charge < -0.3 is 14.2 Å². The topological polar surface area (TPSA) is 51.5 Å². The van der Waals surface area contributed by atoms with Crippen LogP contribution in [0, 0.1) is 0 Å². The SMILES string of the molecule is CCCN(CC(=O)OCC)C(=O)c1cc(Cl)c(Cl)n1C. The molecule has 1 aromatic rings. The van der Waals surface area contributed by atoms with Crippen molar-refractivity contribution in [1.82, 2.24) is 9.47 Å². The van der Waals surface area contributed by atoms with Crippen LogP contribution in [-0.4, -0.2) is 41.0 Å². The van der Waals surface area contributed by atoms with Gasteiger partial charge in [0.1, 0.15) is 17.4 Å². The molecule has 0 saturated carbocycles. The molecule has 1 heterocycles. The van der Waals surface area contributed by atoms with E-state index in [1.165, 1.54) is 15.5 Å². The summed E-state index contributed by atoms with van der Waals surface area (Å²) in [6.45, 7) is 4.31. The molecule has 0 radical (unpaired) electrons. The van der Waals surface area contributed by atoms with Crippen LogP contribution in [0.15, 0.2) is 6.07 Å². The van der Waals surface area contributed by atoms with Gasteiger partial charge in [-0.05, 0) is 19.4 Å². The second-order valence-electron chi connectivity index (χ2n) is 4.26. The smallest absolute Gasteiger partial charge is 0.325 e. The average molecular weight is 321 g/mol. The molecule has 0 unspecified atom stereocenters. The van der Waals surface area contributed by atoms with Gasteiger partial charge in [0.05, 0.1) is 11.6 Å². The van der Waals surface area contributed by atoms with Gasteiger partial charge in [0.2, 0.25) is 0 Å². The lowest BCUT2D eigenvalue weighted by molar-refractivity contribution is -0.143. The predicted octanol–water partition coefficient (Wildman–Crippen LogP) is 2.75. The zero-order chi connectivity index (χ0) is 15.3. The van der Waals surface area contributed by atoms with Crippen molar-refractivity contribution in [3.8, 4) is 0 Å². The minimum Gasteiger partial charge on any atom is -0.465 e. The van der Waals surface area contributed by atoms with Crippen LogP contribution in [0.1, 0.15) is 30.8 Å². The molecule has 0 spiro atoms. The monoisotopic (exact) mass is 320 g/mol. The normalized spacial score (nSPS) is 10.4. The van der Waals surface area contributed by atoms with Crippen molar-refractivity contribution in [2.24, 2.45) is 7.05 Å². The van der Waals surface area contributed by atoms with Gasteiger partial charge in [-0.15, -0.1) is 0 Å². The summed E-state index contributed by atoms with van der Waals surface area (Å²) in [6.07, 6.45) is 0.733. The summed E-state index contributed by atoms with van der Waals surface area (Å²) in [4.78, 5) is 25.4. The zero-order valence-electron chi connectivity index (χ0n) is 11.8. The maximum atomic E-state index is 12.4. The zero-order valence-corrected chi connectivity index (χ0v) is 13.3. The summed E-state index contributed by atoms with van der Waals surface area (Å²) in [7, 11) is 1.65. The molecule has 0 aliphatic carbocycles. The van der Waals surface area contributed by atoms with Crippen molar-refractivity contribution in [1.29, 1.82) is 0 Å². The molecule has 0 N–H and O–H groups in total. The van der Waals surface area contributed by atoms with Crippen LogP contribution in [-0.2, 0) is 16.6 Å². The van der Waals surface area contributed by atoms with Crippen molar-refractivity contribution < 1.29 is 14.3 Å². The van der Waals surface area contributed by atoms with Gasteiger partial charge in [-0.2, -0.15) is 0 Å². The Labute approximate surface area is 128 Å². The fourth-order valence-corrected chi connectivity index (χ4v) is 2.17. The Morgan fingerprint density at radius 3 is 2.45 bits per heavy atom. The van der Waals surface area contributed by atoms with Crippen LogP contribution in [0.3, 0.4) is 0 Å². The molecule has 0 saturated heterocycles. The molecule has 112 valence electrons. The second-order valence-corrected chi connectivity index (χ2v) is 5.02. The summed E-state index contributed by atoms with van der Waals surface area (Å²) in [5, 5.41) is 0.604. The van der Waals surface area contributed by atoms with Crippen LogP contribution < -0.4 is 0 Å². The predicted molar refractivity (Wildman–Crippen MR) is 78.3 cm³/mol. The van der Waals surface area contributed by atoms with Crippen LogP contribution >= 0.6 is 23.2 Å². The van der Waals surface area contributed by atoms with Crippen molar-refractivity contribution in [3.05, 3.63) is 21.9 Å². The van der Waals surface area contributed by atoms with Crippen molar-refractivity contribution >= 4 is 35.1 Å². The molecule has 7 heteroatoms. The first-order valence-electron chi connectivity index (χ1n) is 6.37. The number of hydrogen-bond donors (Lipinski definition) is 0. The highest BCUT2D eigenvalue weighted by Gasteiger charge is 2.23. The number of halogens is 2. The summed E-state index contributed by atoms with van der Waals surface area (Å²) >= 11 is 11.8. The molecule has 5 nitrogen and oxygen atoms in total. The third-order valence-corrected chi connectivity index (χ3v) is 3.58. The first-order valence-corrected chi connectivity index (χ1v) is 7.13. The molecule has 1 rings (SSSR count). The Kier molecular flexibility index (Phi) is 6.36. The molecule has 20 heavy (non-hydrogen) atoms. The van der Waals surface area contributed by atoms with Gasteiger partial charge >= 0.3 is 5.97 Å². The molecule has 0 aliphatic heterocycles. The lowest BCUT2D eigenvalue weighted by Gasteiger charge is -2.21. The number of amides is 1. The molecular formula is C13H18Cl2N2O3. The third kappa shape index (κ3) is 3.90. The van der Waals surface area contributed by atoms with Crippen molar-refractivity contribution in [2.45, 2.75) is 20.3 Å². The van der Waals surface area contributed by atoms with E-state index in [1.54, 1.807) is 14.0 Å². The fraction of sp³-hybridized carbons (Fsp3) is 0.538. The first-order chi connectivity index (χ1) is 9.42. The largest absolute Gasteiger partial charge is 0.465 e. The van der Waals surface area contributed by atoms with Gasteiger partial charge in [0.25, 0.3) is 5.91 Å².